The Bertz CT molecular complexity index is 1400. The number of hydrogen-bond donors (Lipinski definition) is 5. The number of aliphatic hydroxyl groups is 2. The predicted molar refractivity (Wildman–Crippen MR) is 120 cm³/mol. The van der Waals surface area contributed by atoms with E-state index in [1.54, 1.807) is 0 Å². The molecule has 12 heteroatoms. The summed E-state index contributed by atoms with van der Waals surface area (Å²) in [5.74, 6) is -2.91. The zero-order valence-corrected chi connectivity index (χ0v) is 18.8. The van der Waals surface area contributed by atoms with Gasteiger partial charge in [0.05, 0.1) is 11.6 Å². The standard InChI is InChI=1S/C24H17ClF5N3O3/c25-15-2-1-11(26)6-13(15)21-20-17(8-16-14(7-18(34)31-16)19(20)23(36)33-21)32-22(35)9-3-10(24(28,29)30)5-12(27)4-9/h1-6,8,18,21,23,31,33-34,36H,7H2,(H,32,35). The summed E-state index contributed by atoms with van der Waals surface area (Å²) in [6.07, 6.45) is -7.04. The third kappa shape index (κ3) is 4.28. The van der Waals surface area contributed by atoms with Crippen molar-refractivity contribution in [1.29, 1.82) is 0 Å². The Balaban J connectivity index is 1.63. The normalized spacial score (nSPS) is 20.6. The molecular weight excluding hydrogens is 509 g/mol. The van der Waals surface area contributed by atoms with Gasteiger partial charge in [0.25, 0.3) is 5.91 Å². The number of anilines is 2. The van der Waals surface area contributed by atoms with Gasteiger partial charge in [0.2, 0.25) is 0 Å². The van der Waals surface area contributed by atoms with Gasteiger partial charge in [-0.15, -0.1) is 0 Å². The van der Waals surface area contributed by atoms with Gasteiger partial charge in [0.1, 0.15) is 24.1 Å². The van der Waals surface area contributed by atoms with Crippen LogP contribution in [0.3, 0.4) is 0 Å². The molecule has 36 heavy (non-hydrogen) atoms. The van der Waals surface area contributed by atoms with E-state index in [2.05, 4.69) is 16.0 Å². The van der Waals surface area contributed by atoms with Crippen LogP contribution in [0.15, 0.2) is 42.5 Å². The summed E-state index contributed by atoms with van der Waals surface area (Å²) in [6, 6.07) is 5.58. The van der Waals surface area contributed by atoms with Crippen molar-refractivity contribution in [2.24, 2.45) is 0 Å². The lowest BCUT2D eigenvalue weighted by Gasteiger charge is -2.20. The molecule has 3 aromatic rings. The number of amides is 1. The van der Waals surface area contributed by atoms with E-state index in [9.17, 15) is 37.0 Å². The van der Waals surface area contributed by atoms with E-state index in [1.165, 1.54) is 12.1 Å². The number of hydrogen-bond acceptors (Lipinski definition) is 5. The summed E-state index contributed by atoms with van der Waals surface area (Å²) in [6.45, 7) is 0. The lowest BCUT2D eigenvalue weighted by molar-refractivity contribution is -0.137. The number of halogens is 6. The molecule has 5 N–H and O–H groups in total. The van der Waals surface area contributed by atoms with Crippen molar-refractivity contribution in [3.63, 3.8) is 0 Å². The second-order valence-corrected chi connectivity index (χ2v) is 8.90. The topological polar surface area (TPSA) is 93.6 Å². The summed E-state index contributed by atoms with van der Waals surface area (Å²) in [5, 5.41) is 29.2. The summed E-state index contributed by atoms with van der Waals surface area (Å²) < 4.78 is 67.4. The molecule has 0 spiro atoms. The number of alkyl halides is 3. The first-order valence-corrected chi connectivity index (χ1v) is 11.0. The molecule has 3 atom stereocenters. The Morgan fingerprint density at radius 3 is 2.50 bits per heavy atom. The van der Waals surface area contributed by atoms with Gasteiger partial charge in [-0.2, -0.15) is 13.2 Å². The van der Waals surface area contributed by atoms with E-state index in [4.69, 9.17) is 11.6 Å². The van der Waals surface area contributed by atoms with Crippen molar-refractivity contribution >= 4 is 28.9 Å². The molecule has 3 aromatic carbocycles. The highest BCUT2D eigenvalue weighted by Crippen LogP contribution is 2.48. The number of rotatable bonds is 3. The predicted octanol–water partition coefficient (Wildman–Crippen LogP) is 4.86. The smallest absolute Gasteiger partial charge is 0.374 e. The number of carbonyl (C=O) groups is 1. The fraction of sp³-hybridized carbons (Fsp3) is 0.208. The Morgan fingerprint density at radius 1 is 1.03 bits per heavy atom. The van der Waals surface area contributed by atoms with Gasteiger partial charge in [-0.25, -0.2) is 8.78 Å². The highest BCUT2D eigenvalue weighted by molar-refractivity contribution is 6.31. The SMILES string of the molecule is O=C(Nc1cc2c(c3c1C(c1cc(F)ccc1Cl)NC3O)CC(O)N2)c1cc(F)cc(C(F)(F)F)c1. The molecule has 0 radical (unpaired) electrons. The van der Waals surface area contributed by atoms with Crippen molar-refractivity contribution in [1.82, 2.24) is 5.32 Å². The minimum atomic E-state index is -4.88. The lowest BCUT2D eigenvalue weighted by Crippen LogP contribution is -2.20. The van der Waals surface area contributed by atoms with Gasteiger partial charge in [0.15, 0.2) is 0 Å². The molecule has 2 aliphatic rings. The van der Waals surface area contributed by atoms with Crippen molar-refractivity contribution in [3.8, 4) is 0 Å². The maximum atomic E-state index is 14.1. The van der Waals surface area contributed by atoms with Crippen LogP contribution in [0.4, 0.5) is 33.3 Å². The van der Waals surface area contributed by atoms with E-state index in [0.29, 0.717) is 28.9 Å². The van der Waals surface area contributed by atoms with Gasteiger partial charge in [0, 0.05) is 39.5 Å². The minimum absolute atomic E-state index is 0.0440. The van der Waals surface area contributed by atoms with E-state index < -0.39 is 53.3 Å². The monoisotopic (exact) mass is 525 g/mol. The summed E-state index contributed by atoms with van der Waals surface area (Å²) in [4.78, 5) is 13.0. The van der Waals surface area contributed by atoms with Gasteiger partial charge in [-0.1, -0.05) is 11.6 Å². The van der Waals surface area contributed by atoms with E-state index in [1.807, 2.05) is 0 Å². The molecule has 1 amide bonds. The second-order valence-electron chi connectivity index (χ2n) is 8.49. The molecule has 6 nitrogen and oxygen atoms in total. The van der Waals surface area contributed by atoms with E-state index in [0.717, 1.165) is 12.1 Å². The molecule has 5 rings (SSSR count). The fourth-order valence-electron chi connectivity index (χ4n) is 4.65. The Kier molecular flexibility index (Phi) is 5.91. The molecule has 0 fully saturated rings. The second kappa shape index (κ2) is 8.70. The van der Waals surface area contributed by atoms with Crippen LogP contribution in [-0.4, -0.2) is 22.3 Å². The van der Waals surface area contributed by atoms with Gasteiger partial charge < -0.3 is 20.8 Å². The number of carbonyl (C=O) groups excluding carboxylic acids is 1. The summed E-state index contributed by atoms with van der Waals surface area (Å²) in [7, 11) is 0. The fourth-order valence-corrected chi connectivity index (χ4v) is 4.87. The summed E-state index contributed by atoms with van der Waals surface area (Å²) >= 11 is 6.29. The molecule has 0 bridgehead atoms. The maximum absolute atomic E-state index is 14.1. The van der Waals surface area contributed by atoms with Gasteiger partial charge in [-0.05, 0) is 53.6 Å². The highest BCUT2D eigenvalue weighted by atomic mass is 35.5. The van der Waals surface area contributed by atoms with Crippen molar-refractivity contribution in [2.75, 3.05) is 10.6 Å². The third-order valence-corrected chi connectivity index (χ3v) is 6.47. The average molecular weight is 526 g/mol. The maximum Gasteiger partial charge on any atom is 0.416 e. The average Bonchev–Trinajstić information content (AvgIpc) is 3.33. The quantitative estimate of drug-likeness (QED) is 0.315. The van der Waals surface area contributed by atoms with Crippen LogP contribution in [-0.2, 0) is 12.6 Å². The Morgan fingerprint density at radius 2 is 1.78 bits per heavy atom. The molecule has 0 aromatic heterocycles. The molecular formula is C24H17ClF5N3O3. The minimum Gasteiger partial charge on any atom is -0.374 e. The van der Waals surface area contributed by atoms with Crippen molar-refractivity contribution in [3.05, 3.63) is 92.5 Å². The summed E-state index contributed by atoms with van der Waals surface area (Å²) in [5.41, 5.74) is -0.147. The van der Waals surface area contributed by atoms with Crippen LogP contribution >= 0.6 is 11.6 Å². The van der Waals surface area contributed by atoms with Crippen LogP contribution < -0.4 is 16.0 Å². The largest absolute Gasteiger partial charge is 0.416 e. The number of benzene rings is 3. The zero-order valence-electron chi connectivity index (χ0n) is 18.1. The van der Waals surface area contributed by atoms with Gasteiger partial charge in [-0.3, -0.25) is 10.1 Å². The van der Waals surface area contributed by atoms with E-state index in [-0.39, 0.29) is 34.3 Å². The number of fused-ring (bicyclic) bond motifs is 3. The molecule has 3 unspecified atom stereocenters. The van der Waals surface area contributed by atoms with Crippen molar-refractivity contribution in [2.45, 2.75) is 31.1 Å². The number of aliphatic hydroxyl groups excluding tert-OH is 2. The van der Waals surface area contributed by atoms with Crippen LogP contribution in [0.2, 0.25) is 5.02 Å². The molecule has 0 saturated heterocycles. The van der Waals surface area contributed by atoms with Crippen LogP contribution in [0.1, 0.15) is 50.4 Å². The first-order valence-electron chi connectivity index (χ1n) is 10.6. The van der Waals surface area contributed by atoms with Gasteiger partial charge >= 0.3 is 6.18 Å². The molecule has 0 aliphatic carbocycles. The molecule has 2 heterocycles. The Labute approximate surface area is 205 Å². The molecule has 188 valence electrons. The molecule has 2 aliphatic heterocycles. The Hall–Kier alpha value is -3.25. The first kappa shape index (κ1) is 24.4. The number of nitrogens with one attached hydrogen (secondary N) is 3. The lowest BCUT2D eigenvalue weighted by atomic mass is 9.91. The van der Waals surface area contributed by atoms with Crippen LogP contribution in [0, 0.1) is 11.6 Å². The molecule has 0 saturated carbocycles. The van der Waals surface area contributed by atoms with Crippen LogP contribution in [0.25, 0.3) is 0 Å². The first-order chi connectivity index (χ1) is 16.9. The third-order valence-electron chi connectivity index (χ3n) is 6.13. The van der Waals surface area contributed by atoms with E-state index >= 15 is 0 Å². The highest BCUT2D eigenvalue weighted by Gasteiger charge is 2.39. The van der Waals surface area contributed by atoms with Crippen LogP contribution in [0.5, 0.6) is 0 Å². The zero-order chi connectivity index (χ0) is 25.9. The van der Waals surface area contributed by atoms with Crippen molar-refractivity contribution < 1.29 is 37.0 Å².